The molecule has 0 aromatic heterocycles. The largest absolute Gasteiger partial charge is 0.316 e. The van der Waals surface area contributed by atoms with E-state index in [9.17, 15) is 17.2 Å². The molecule has 0 amide bonds. The van der Waals surface area contributed by atoms with Crippen molar-refractivity contribution in [2.45, 2.75) is 17.7 Å². The number of rotatable bonds is 4. The topological polar surface area (TPSA) is 82.0 Å². The monoisotopic (exact) mass is 315 g/mol. The van der Waals surface area contributed by atoms with Crippen LogP contribution in [0.1, 0.15) is 18.4 Å². The molecule has 1 aliphatic rings. The minimum absolute atomic E-state index is 0.0954. The maximum absolute atomic E-state index is 13.7. The molecule has 0 radical (unpaired) electrons. The van der Waals surface area contributed by atoms with Crippen LogP contribution in [0.3, 0.4) is 0 Å². The Balaban J connectivity index is 2.17. The maximum atomic E-state index is 13.7. The average molecular weight is 315 g/mol. The van der Waals surface area contributed by atoms with Crippen LogP contribution in [0.4, 0.5) is 8.78 Å². The number of halogens is 2. The van der Waals surface area contributed by atoms with Gasteiger partial charge in [-0.25, -0.2) is 21.9 Å². The normalized spacial score (nSPS) is 19.2. The van der Waals surface area contributed by atoms with Gasteiger partial charge in [0.1, 0.15) is 11.6 Å². The molecule has 1 saturated heterocycles. The van der Waals surface area contributed by atoms with Crippen LogP contribution in [-0.4, -0.2) is 28.1 Å². The summed E-state index contributed by atoms with van der Waals surface area (Å²) in [4.78, 5) is -1.04. The number of sulfonamides is 1. The predicted octanol–water partition coefficient (Wildman–Crippen LogP) is 1.11. The van der Waals surface area contributed by atoms with Crippen LogP contribution < -0.4 is 10.0 Å². The fraction of sp³-hybridized carbons (Fsp3) is 0.462. The zero-order valence-electron chi connectivity index (χ0n) is 11.2. The Hall–Kier alpha value is -1.56. The van der Waals surface area contributed by atoms with Gasteiger partial charge in [-0.1, -0.05) is 0 Å². The predicted molar refractivity (Wildman–Crippen MR) is 71.9 cm³/mol. The van der Waals surface area contributed by atoms with Crippen LogP contribution in [-0.2, 0) is 10.0 Å². The van der Waals surface area contributed by atoms with Crippen LogP contribution in [0.2, 0.25) is 0 Å². The van der Waals surface area contributed by atoms with E-state index >= 15 is 0 Å². The molecule has 0 saturated carbocycles. The molecule has 0 bridgehead atoms. The van der Waals surface area contributed by atoms with Gasteiger partial charge in [-0.3, -0.25) is 0 Å². The van der Waals surface area contributed by atoms with Gasteiger partial charge in [-0.05, 0) is 44.0 Å². The summed E-state index contributed by atoms with van der Waals surface area (Å²) >= 11 is 0. The zero-order chi connectivity index (χ0) is 15.5. The number of nitrogens with zero attached hydrogens (tertiary/aromatic N) is 1. The van der Waals surface area contributed by atoms with Crippen LogP contribution in [0.5, 0.6) is 0 Å². The van der Waals surface area contributed by atoms with E-state index in [1.54, 1.807) is 6.07 Å². The van der Waals surface area contributed by atoms with Crippen molar-refractivity contribution in [1.82, 2.24) is 10.0 Å². The Labute approximate surface area is 122 Å². The molecule has 0 unspecified atom stereocenters. The van der Waals surface area contributed by atoms with Gasteiger partial charge in [0.2, 0.25) is 10.0 Å². The van der Waals surface area contributed by atoms with Crippen molar-refractivity contribution in [3.63, 3.8) is 0 Å². The average Bonchev–Trinajstić information content (AvgIpc) is 2.45. The van der Waals surface area contributed by atoms with Gasteiger partial charge in [-0.15, -0.1) is 0 Å². The Morgan fingerprint density at radius 1 is 1.38 bits per heavy atom. The first-order valence-corrected chi connectivity index (χ1v) is 8.02. The number of nitriles is 1. The zero-order valence-corrected chi connectivity index (χ0v) is 12.0. The van der Waals surface area contributed by atoms with Gasteiger partial charge >= 0.3 is 0 Å². The van der Waals surface area contributed by atoms with Crippen molar-refractivity contribution in [3.05, 3.63) is 29.3 Å². The van der Waals surface area contributed by atoms with Gasteiger partial charge in [-0.2, -0.15) is 5.26 Å². The smallest absolute Gasteiger partial charge is 0.246 e. The number of benzene rings is 1. The van der Waals surface area contributed by atoms with E-state index in [1.807, 2.05) is 0 Å². The van der Waals surface area contributed by atoms with E-state index in [2.05, 4.69) is 10.0 Å². The third kappa shape index (κ3) is 3.75. The molecule has 0 spiro atoms. The summed E-state index contributed by atoms with van der Waals surface area (Å²) < 4.78 is 53.7. The highest BCUT2D eigenvalue weighted by Gasteiger charge is 2.26. The molecule has 2 N–H and O–H groups in total. The third-order valence-corrected chi connectivity index (χ3v) is 4.83. The van der Waals surface area contributed by atoms with E-state index in [0.29, 0.717) is 18.7 Å². The second kappa shape index (κ2) is 6.47. The van der Waals surface area contributed by atoms with Crippen molar-refractivity contribution in [3.8, 4) is 6.07 Å². The Kier molecular flexibility index (Phi) is 4.88. The number of nitrogens with one attached hydrogen (secondary N) is 2. The van der Waals surface area contributed by atoms with Crippen molar-refractivity contribution < 1.29 is 17.2 Å². The van der Waals surface area contributed by atoms with Gasteiger partial charge in [0.15, 0.2) is 4.90 Å². The Morgan fingerprint density at radius 2 is 2.05 bits per heavy atom. The Morgan fingerprint density at radius 3 is 2.57 bits per heavy atom. The highest BCUT2D eigenvalue weighted by Crippen LogP contribution is 2.20. The minimum atomic E-state index is -4.28. The standard InChI is InChI=1S/C13H15F2N3O2S/c14-11-4-10(6-16)5-12(15)13(11)21(19,20)18-8-9-2-1-3-17-7-9/h4-5,9,17-18H,1-3,7-8H2/t9-/m0/s1. The number of hydrogen-bond donors (Lipinski definition) is 2. The minimum Gasteiger partial charge on any atom is -0.316 e. The Bertz CT molecular complexity index is 641. The van der Waals surface area contributed by atoms with Gasteiger partial charge in [0.25, 0.3) is 0 Å². The summed E-state index contributed by atoms with van der Waals surface area (Å²) in [6.45, 7) is 1.68. The molecule has 2 rings (SSSR count). The summed E-state index contributed by atoms with van der Waals surface area (Å²) in [5.41, 5.74) is -0.263. The molecular formula is C13H15F2N3O2S. The molecule has 114 valence electrons. The van der Waals surface area contributed by atoms with Crippen molar-refractivity contribution in [2.75, 3.05) is 19.6 Å². The summed E-state index contributed by atoms with van der Waals surface area (Å²) in [6, 6.07) is 2.98. The van der Waals surface area contributed by atoms with E-state index < -0.39 is 26.6 Å². The highest BCUT2D eigenvalue weighted by atomic mass is 32.2. The number of hydrogen-bond acceptors (Lipinski definition) is 4. The quantitative estimate of drug-likeness (QED) is 0.872. The van der Waals surface area contributed by atoms with Crippen molar-refractivity contribution >= 4 is 10.0 Å². The third-order valence-electron chi connectivity index (χ3n) is 3.36. The molecule has 8 heteroatoms. The molecule has 1 heterocycles. The molecule has 1 fully saturated rings. The van der Waals surface area contributed by atoms with E-state index in [0.717, 1.165) is 19.4 Å². The van der Waals surface area contributed by atoms with Crippen LogP contribution in [0, 0.1) is 28.9 Å². The highest BCUT2D eigenvalue weighted by molar-refractivity contribution is 7.89. The molecule has 1 aromatic rings. The van der Waals surface area contributed by atoms with Crippen LogP contribution >= 0.6 is 0 Å². The summed E-state index contributed by atoms with van der Waals surface area (Å²) in [5, 5.41) is 11.7. The lowest BCUT2D eigenvalue weighted by molar-refractivity contribution is 0.375. The molecule has 5 nitrogen and oxygen atoms in total. The maximum Gasteiger partial charge on any atom is 0.246 e. The van der Waals surface area contributed by atoms with E-state index in [1.165, 1.54) is 0 Å². The second-order valence-electron chi connectivity index (χ2n) is 4.95. The lowest BCUT2D eigenvalue weighted by Gasteiger charge is -2.22. The van der Waals surface area contributed by atoms with Gasteiger partial charge in [0, 0.05) is 6.54 Å². The fourth-order valence-electron chi connectivity index (χ4n) is 2.28. The first-order chi connectivity index (χ1) is 9.94. The lowest BCUT2D eigenvalue weighted by atomic mass is 10.0. The van der Waals surface area contributed by atoms with E-state index in [4.69, 9.17) is 5.26 Å². The SMILES string of the molecule is N#Cc1cc(F)c(S(=O)(=O)NC[C@H]2CCCNC2)c(F)c1. The molecule has 1 atom stereocenters. The number of piperidine rings is 1. The van der Waals surface area contributed by atoms with Crippen LogP contribution in [0.15, 0.2) is 17.0 Å². The lowest BCUT2D eigenvalue weighted by Crippen LogP contribution is -2.38. The summed E-state index contributed by atoms with van der Waals surface area (Å²) in [7, 11) is -4.28. The van der Waals surface area contributed by atoms with Gasteiger partial charge in [0.05, 0.1) is 11.6 Å². The molecule has 0 aliphatic carbocycles. The molecule has 21 heavy (non-hydrogen) atoms. The van der Waals surface area contributed by atoms with Crippen LogP contribution in [0.25, 0.3) is 0 Å². The first kappa shape index (κ1) is 15.8. The molecular weight excluding hydrogens is 300 g/mol. The van der Waals surface area contributed by atoms with E-state index in [-0.39, 0.29) is 18.0 Å². The van der Waals surface area contributed by atoms with Gasteiger partial charge < -0.3 is 5.32 Å². The summed E-state index contributed by atoms with van der Waals surface area (Å²) in [5.74, 6) is -2.43. The first-order valence-electron chi connectivity index (χ1n) is 6.53. The molecule has 1 aliphatic heterocycles. The van der Waals surface area contributed by atoms with Crippen molar-refractivity contribution in [2.24, 2.45) is 5.92 Å². The summed E-state index contributed by atoms with van der Waals surface area (Å²) in [6.07, 6.45) is 1.79. The fourth-order valence-corrected chi connectivity index (χ4v) is 3.51. The van der Waals surface area contributed by atoms with Crippen molar-refractivity contribution in [1.29, 1.82) is 5.26 Å². The molecule has 1 aromatic carbocycles. The second-order valence-corrected chi connectivity index (χ2v) is 6.65.